The van der Waals surface area contributed by atoms with Crippen molar-refractivity contribution in [1.82, 2.24) is 9.97 Å². The van der Waals surface area contributed by atoms with Gasteiger partial charge in [0.2, 0.25) is 0 Å². The standard InChI is InChI=1S/C44H84N2/c1-4-7-10-12-14-16-18-20-22-24-26-28-30-32-34-36-38-42-41-43(46-44(45-42)40-9-6-3)39-37-35-33-31-29-27-25-23-21-19-17-15-13-11-8-5-2/h41H,4-40H2,1-3H3. The van der Waals surface area contributed by atoms with Crippen molar-refractivity contribution in [3.05, 3.63) is 23.3 Å². The van der Waals surface area contributed by atoms with Gasteiger partial charge in [0.05, 0.1) is 0 Å². The highest BCUT2D eigenvalue weighted by Crippen LogP contribution is 2.17. The van der Waals surface area contributed by atoms with Gasteiger partial charge in [-0.3, -0.25) is 0 Å². The van der Waals surface area contributed by atoms with Gasteiger partial charge in [-0.15, -0.1) is 0 Å². The lowest BCUT2D eigenvalue weighted by Gasteiger charge is -2.09. The second-order valence-corrected chi connectivity index (χ2v) is 15.0. The Morgan fingerprint density at radius 3 is 0.783 bits per heavy atom. The summed E-state index contributed by atoms with van der Waals surface area (Å²) in [6.45, 7) is 6.89. The average Bonchev–Trinajstić information content (AvgIpc) is 3.07. The molecule has 0 saturated carbocycles. The van der Waals surface area contributed by atoms with Crippen molar-refractivity contribution in [2.45, 2.75) is 258 Å². The zero-order chi connectivity index (χ0) is 33.0. The summed E-state index contributed by atoms with van der Waals surface area (Å²) in [6.07, 6.45) is 51.5. The quantitative estimate of drug-likeness (QED) is 0.0676. The molecule has 2 nitrogen and oxygen atoms in total. The van der Waals surface area contributed by atoms with Crippen LogP contribution in [0.2, 0.25) is 0 Å². The number of unbranched alkanes of at least 4 members (excludes halogenated alkanes) is 31. The van der Waals surface area contributed by atoms with E-state index in [9.17, 15) is 0 Å². The van der Waals surface area contributed by atoms with Crippen LogP contribution in [0.3, 0.4) is 0 Å². The first-order valence-corrected chi connectivity index (χ1v) is 21.7. The highest BCUT2D eigenvalue weighted by Gasteiger charge is 2.06. The van der Waals surface area contributed by atoms with Crippen LogP contribution in [0.5, 0.6) is 0 Å². The molecule has 0 saturated heterocycles. The molecule has 0 aromatic carbocycles. The minimum atomic E-state index is 1.05. The van der Waals surface area contributed by atoms with Gasteiger partial charge in [-0.25, -0.2) is 9.97 Å². The Labute approximate surface area is 290 Å². The van der Waals surface area contributed by atoms with Crippen LogP contribution in [0.25, 0.3) is 0 Å². The molecule has 0 aliphatic carbocycles. The van der Waals surface area contributed by atoms with Crippen LogP contribution in [0.1, 0.15) is 256 Å². The van der Waals surface area contributed by atoms with Crippen LogP contribution in [0, 0.1) is 0 Å². The molecule has 0 spiro atoms. The van der Waals surface area contributed by atoms with Gasteiger partial charge in [-0.2, -0.15) is 0 Å². The lowest BCUT2D eigenvalue weighted by atomic mass is 10.0. The van der Waals surface area contributed by atoms with Crippen molar-refractivity contribution < 1.29 is 0 Å². The van der Waals surface area contributed by atoms with Crippen molar-refractivity contribution in [3.8, 4) is 0 Å². The van der Waals surface area contributed by atoms with Gasteiger partial charge in [0.15, 0.2) is 0 Å². The number of hydrogen-bond acceptors (Lipinski definition) is 2. The zero-order valence-corrected chi connectivity index (χ0v) is 32.1. The summed E-state index contributed by atoms with van der Waals surface area (Å²) in [5, 5.41) is 0. The van der Waals surface area contributed by atoms with E-state index in [2.05, 4.69) is 26.8 Å². The number of nitrogens with zero attached hydrogens (tertiary/aromatic N) is 2. The Morgan fingerprint density at radius 1 is 0.283 bits per heavy atom. The Bertz CT molecular complexity index is 674. The third-order valence-corrected chi connectivity index (χ3v) is 10.2. The van der Waals surface area contributed by atoms with Gasteiger partial charge in [0.25, 0.3) is 0 Å². The van der Waals surface area contributed by atoms with Crippen molar-refractivity contribution in [2.75, 3.05) is 0 Å². The second-order valence-electron chi connectivity index (χ2n) is 15.0. The summed E-state index contributed by atoms with van der Waals surface area (Å²) < 4.78 is 0. The van der Waals surface area contributed by atoms with E-state index in [0.29, 0.717) is 0 Å². The molecule has 1 aromatic heterocycles. The zero-order valence-electron chi connectivity index (χ0n) is 32.1. The number of hydrogen-bond donors (Lipinski definition) is 0. The molecule has 0 radical (unpaired) electrons. The lowest BCUT2D eigenvalue weighted by molar-refractivity contribution is 0.528. The molecule has 270 valence electrons. The van der Waals surface area contributed by atoms with Crippen LogP contribution >= 0.6 is 0 Å². The van der Waals surface area contributed by atoms with Gasteiger partial charge in [-0.1, -0.05) is 220 Å². The first-order chi connectivity index (χ1) is 22.8. The first kappa shape index (κ1) is 43.1. The van der Waals surface area contributed by atoms with E-state index in [-0.39, 0.29) is 0 Å². The van der Waals surface area contributed by atoms with Crippen LogP contribution < -0.4 is 0 Å². The van der Waals surface area contributed by atoms with Crippen molar-refractivity contribution >= 4 is 0 Å². The maximum atomic E-state index is 4.99. The minimum absolute atomic E-state index is 1.05. The molecule has 46 heavy (non-hydrogen) atoms. The van der Waals surface area contributed by atoms with Crippen LogP contribution in [0.15, 0.2) is 6.07 Å². The molecule has 1 heterocycles. The summed E-state index contributed by atoms with van der Waals surface area (Å²) in [5.74, 6) is 1.11. The number of aryl methyl sites for hydroxylation is 3. The molecular weight excluding hydrogens is 556 g/mol. The van der Waals surface area contributed by atoms with Crippen molar-refractivity contribution in [2.24, 2.45) is 0 Å². The maximum absolute atomic E-state index is 4.99. The van der Waals surface area contributed by atoms with E-state index in [4.69, 9.17) is 9.97 Å². The Morgan fingerprint density at radius 2 is 0.522 bits per heavy atom. The predicted octanol–water partition coefficient (Wildman–Crippen LogP) is 15.4. The highest BCUT2D eigenvalue weighted by molar-refractivity contribution is 5.12. The Hall–Kier alpha value is -0.920. The number of aromatic nitrogens is 2. The topological polar surface area (TPSA) is 25.8 Å². The smallest absolute Gasteiger partial charge is 0.128 e. The molecule has 0 bridgehead atoms. The fraction of sp³-hybridized carbons (Fsp3) is 0.909. The fourth-order valence-corrected chi connectivity index (χ4v) is 7.02. The second kappa shape index (κ2) is 35.4. The molecule has 0 aliphatic heterocycles. The molecular formula is C44H84N2. The van der Waals surface area contributed by atoms with E-state index in [0.717, 1.165) is 25.1 Å². The van der Waals surface area contributed by atoms with Crippen LogP contribution in [-0.2, 0) is 19.3 Å². The van der Waals surface area contributed by atoms with Gasteiger partial charge in [0, 0.05) is 17.8 Å². The normalized spacial score (nSPS) is 11.5. The van der Waals surface area contributed by atoms with Gasteiger partial charge < -0.3 is 0 Å². The Balaban J connectivity index is 2.06. The largest absolute Gasteiger partial charge is 0.238 e. The Kier molecular flexibility index (Phi) is 33.2. The first-order valence-electron chi connectivity index (χ1n) is 21.7. The highest BCUT2D eigenvalue weighted by atomic mass is 14.9. The van der Waals surface area contributed by atoms with Crippen LogP contribution in [0.4, 0.5) is 0 Å². The van der Waals surface area contributed by atoms with E-state index in [1.165, 1.54) is 230 Å². The average molecular weight is 641 g/mol. The molecule has 0 unspecified atom stereocenters. The summed E-state index contributed by atoms with van der Waals surface area (Å²) in [5.41, 5.74) is 2.64. The summed E-state index contributed by atoms with van der Waals surface area (Å²) in [6, 6.07) is 2.35. The maximum Gasteiger partial charge on any atom is 0.128 e. The fourth-order valence-electron chi connectivity index (χ4n) is 7.02. The number of rotatable bonds is 37. The third kappa shape index (κ3) is 29.2. The van der Waals surface area contributed by atoms with Crippen molar-refractivity contribution in [3.63, 3.8) is 0 Å². The third-order valence-electron chi connectivity index (χ3n) is 10.2. The van der Waals surface area contributed by atoms with E-state index < -0.39 is 0 Å². The lowest BCUT2D eigenvalue weighted by Crippen LogP contribution is -2.04. The van der Waals surface area contributed by atoms with E-state index >= 15 is 0 Å². The SMILES string of the molecule is CCCCCCCCCCCCCCCCCCc1cc(CCCCCCCCCCCCCCCCCC)nc(CCCC)n1. The molecule has 0 atom stereocenters. The molecule has 0 N–H and O–H groups in total. The van der Waals surface area contributed by atoms with Crippen molar-refractivity contribution in [1.29, 1.82) is 0 Å². The minimum Gasteiger partial charge on any atom is -0.238 e. The van der Waals surface area contributed by atoms with E-state index in [1.54, 1.807) is 0 Å². The predicted molar refractivity (Wildman–Crippen MR) is 207 cm³/mol. The molecule has 2 heteroatoms. The monoisotopic (exact) mass is 641 g/mol. The van der Waals surface area contributed by atoms with Gasteiger partial charge in [-0.05, 0) is 38.2 Å². The van der Waals surface area contributed by atoms with Crippen LogP contribution in [-0.4, -0.2) is 9.97 Å². The summed E-state index contributed by atoms with van der Waals surface area (Å²) >= 11 is 0. The molecule has 1 rings (SSSR count). The molecule has 0 aliphatic rings. The van der Waals surface area contributed by atoms with Gasteiger partial charge >= 0.3 is 0 Å². The summed E-state index contributed by atoms with van der Waals surface area (Å²) in [7, 11) is 0. The molecule has 0 fully saturated rings. The van der Waals surface area contributed by atoms with E-state index in [1.807, 2.05) is 0 Å². The molecule has 0 amide bonds. The molecule has 1 aromatic rings. The van der Waals surface area contributed by atoms with Gasteiger partial charge in [0.1, 0.15) is 5.82 Å². The summed E-state index contributed by atoms with van der Waals surface area (Å²) in [4.78, 5) is 9.98.